The summed E-state index contributed by atoms with van der Waals surface area (Å²) in [6, 6.07) is 5.82. The van der Waals surface area contributed by atoms with Crippen molar-refractivity contribution in [3.05, 3.63) is 35.6 Å². The summed E-state index contributed by atoms with van der Waals surface area (Å²) in [5.41, 5.74) is -0.772. The van der Waals surface area contributed by atoms with Gasteiger partial charge in [-0.15, -0.1) is 0 Å². The molecule has 1 saturated heterocycles. The van der Waals surface area contributed by atoms with Gasteiger partial charge in [-0.2, -0.15) is 13.2 Å². The summed E-state index contributed by atoms with van der Waals surface area (Å²) in [6.45, 7) is 4.10. The molecule has 3 nitrogen and oxygen atoms in total. The number of rotatable bonds is 2. The first-order valence-electron chi connectivity index (χ1n) is 6.56. The largest absolute Gasteiger partial charge is 0.459 e. The van der Waals surface area contributed by atoms with E-state index in [0.29, 0.717) is 17.7 Å². The Labute approximate surface area is 114 Å². The van der Waals surface area contributed by atoms with Gasteiger partial charge in [-0.1, -0.05) is 12.1 Å². The quantitative estimate of drug-likeness (QED) is 0.919. The molecule has 20 heavy (non-hydrogen) atoms. The second kappa shape index (κ2) is 5.10. The number of hydrogen-bond donors (Lipinski definition) is 1. The molecule has 2 heterocycles. The van der Waals surface area contributed by atoms with E-state index in [2.05, 4.69) is 10.2 Å². The van der Waals surface area contributed by atoms with E-state index >= 15 is 0 Å². The second-order valence-electron chi connectivity index (χ2n) is 4.96. The molecule has 1 fully saturated rings. The number of halogens is 3. The van der Waals surface area contributed by atoms with E-state index in [1.54, 1.807) is 12.1 Å². The van der Waals surface area contributed by atoms with Gasteiger partial charge in [0.15, 0.2) is 0 Å². The summed E-state index contributed by atoms with van der Waals surface area (Å²) in [5.74, 6) is 0.582. The van der Waals surface area contributed by atoms with Crippen molar-refractivity contribution < 1.29 is 17.6 Å². The smallest absolute Gasteiger partial charge is 0.420 e. The Morgan fingerprint density at radius 1 is 1.20 bits per heavy atom. The van der Waals surface area contributed by atoms with Crippen LogP contribution in [0.3, 0.4) is 0 Å². The van der Waals surface area contributed by atoms with Gasteiger partial charge in [0.1, 0.15) is 11.3 Å². The Balaban J connectivity index is 1.90. The lowest BCUT2D eigenvalue weighted by molar-refractivity contribution is -0.136. The number of benzene rings is 1. The fraction of sp³-hybridized carbons (Fsp3) is 0.429. The highest BCUT2D eigenvalue weighted by molar-refractivity contribution is 5.81. The molecule has 0 spiro atoms. The van der Waals surface area contributed by atoms with E-state index in [-0.39, 0.29) is 5.58 Å². The maximum atomic E-state index is 12.9. The maximum Gasteiger partial charge on any atom is 0.420 e. The van der Waals surface area contributed by atoms with E-state index in [1.807, 2.05) is 0 Å². The molecule has 0 unspecified atom stereocenters. The van der Waals surface area contributed by atoms with Crippen LogP contribution in [0.2, 0.25) is 0 Å². The number of furan rings is 1. The highest BCUT2D eigenvalue weighted by Crippen LogP contribution is 2.36. The predicted octanol–water partition coefficient (Wildman–Crippen LogP) is 2.86. The zero-order chi connectivity index (χ0) is 14.2. The molecule has 1 N–H and O–H groups in total. The van der Waals surface area contributed by atoms with Gasteiger partial charge in [0.2, 0.25) is 0 Å². The molecule has 108 valence electrons. The molecule has 1 aromatic carbocycles. The molecule has 0 radical (unpaired) electrons. The van der Waals surface area contributed by atoms with E-state index in [0.717, 1.165) is 32.2 Å². The van der Waals surface area contributed by atoms with Crippen molar-refractivity contribution in [2.24, 2.45) is 0 Å². The van der Waals surface area contributed by atoms with Crippen LogP contribution in [0.25, 0.3) is 11.0 Å². The minimum atomic E-state index is -4.39. The van der Waals surface area contributed by atoms with Crippen molar-refractivity contribution in [3.8, 4) is 0 Å². The van der Waals surface area contributed by atoms with Gasteiger partial charge in [0.25, 0.3) is 0 Å². The summed E-state index contributed by atoms with van der Waals surface area (Å²) in [7, 11) is 0. The van der Waals surface area contributed by atoms with Crippen molar-refractivity contribution in [2.75, 3.05) is 26.2 Å². The molecule has 3 rings (SSSR count). The predicted molar refractivity (Wildman–Crippen MR) is 69.4 cm³/mol. The van der Waals surface area contributed by atoms with Crippen molar-refractivity contribution in [1.29, 1.82) is 0 Å². The molecule has 2 aromatic rings. The summed E-state index contributed by atoms with van der Waals surface area (Å²) < 4.78 is 44.2. The number of hydrogen-bond acceptors (Lipinski definition) is 3. The third kappa shape index (κ3) is 2.66. The lowest BCUT2D eigenvalue weighted by Gasteiger charge is -2.26. The van der Waals surface area contributed by atoms with Crippen LogP contribution in [0.15, 0.2) is 28.7 Å². The lowest BCUT2D eigenvalue weighted by Crippen LogP contribution is -2.42. The van der Waals surface area contributed by atoms with Gasteiger partial charge in [-0.05, 0) is 12.1 Å². The number of alkyl halides is 3. The average Bonchev–Trinajstić information content (AvgIpc) is 2.80. The molecule has 1 aliphatic rings. The van der Waals surface area contributed by atoms with Crippen LogP contribution in [0.4, 0.5) is 13.2 Å². The first-order chi connectivity index (χ1) is 9.54. The van der Waals surface area contributed by atoms with E-state index in [9.17, 15) is 13.2 Å². The number of nitrogens with zero attached hydrogens (tertiary/aromatic N) is 1. The molecule has 1 aliphatic heterocycles. The highest BCUT2D eigenvalue weighted by atomic mass is 19.4. The van der Waals surface area contributed by atoms with Crippen molar-refractivity contribution in [1.82, 2.24) is 10.2 Å². The van der Waals surface area contributed by atoms with Gasteiger partial charge >= 0.3 is 6.18 Å². The zero-order valence-electron chi connectivity index (χ0n) is 10.8. The highest BCUT2D eigenvalue weighted by Gasteiger charge is 2.34. The zero-order valence-corrected chi connectivity index (χ0v) is 10.8. The summed E-state index contributed by atoms with van der Waals surface area (Å²) in [4.78, 5) is 2.17. The molecule has 0 atom stereocenters. The average molecular weight is 284 g/mol. The van der Waals surface area contributed by atoms with Gasteiger partial charge in [0.05, 0.1) is 12.1 Å². The number of nitrogens with one attached hydrogen (secondary N) is 1. The normalized spacial score (nSPS) is 17.8. The summed E-state index contributed by atoms with van der Waals surface area (Å²) in [6.07, 6.45) is -4.39. The minimum Gasteiger partial charge on any atom is -0.459 e. The first kappa shape index (κ1) is 13.5. The lowest BCUT2D eigenvalue weighted by atomic mass is 10.1. The van der Waals surface area contributed by atoms with Crippen LogP contribution in [0.1, 0.15) is 11.3 Å². The molecule has 0 saturated carbocycles. The summed E-state index contributed by atoms with van der Waals surface area (Å²) in [5, 5.41) is 3.74. The molecular weight excluding hydrogens is 269 g/mol. The van der Waals surface area contributed by atoms with Crippen LogP contribution < -0.4 is 5.32 Å². The van der Waals surface area contributed by atoms with Gasteiger partial charge in [-0.3, -0.25) is 4.90 Å². The Morgan fingerprint density at radius 3 is 2.65 bits per heavy atom. The molecule has 0 bridgehead atoms. The SMILES string of the molecule is FC(F)(F)c1cccc2cc(CN3CCNCC3)oc12. The van der Waals surface area contributed by atoms with E-state index < -0.39 is 11.7 Å². The monoisotopic (exact) mass is 284 g/mol. The van der Waals surface area contributed by atoms with E-state index in [1.165, 1.54) is 6.07 Å². The second-order valence-corrected chi connectivity index (χ2v) is 4.96. The third-order valence-electron chi connectivity index (χ3n) is 3.49. The molecular formula is C14H15F3N2O. The Bertz CT molecular complexity index is 600. The Kier molecular flexibility index (Phi) is 3.43. The third-order valence-corrected chi connectivity index (χ3v) is 3.49. The molecule has 0 amide bonds. The van der Waals surface area contributed by atoms with Crippen LogP contribution in [-0.4, -0.2) is 31.1 Å². The standard InChI is InChI=1S/C14H15F3N2O/c15-14(16,17)12-3-1-2-10-8-11(20-13(10)12)9-19-6-4-18-5-7-19/h1-3,8,18H,4-7,9H2. The molecule has 6 heteroatoms. The molecule has 0 aliphatic carbocycles. The first-order valence-corrected chi connectivity index (χ1v) is 6.56. The van der Waals surface area contributed by atoms with Crippen LogP contribution in [-0.2, 0) is 12.7 Å². The van der Waals surface area contributed by atoms with Gasteiger partial charge < -0.3 is 9.73 Å². The number of para-hydroxylation sites is 1. The number of piperazine rings is 1. The topological polar surface area (TPSA) is 28.4 Å². The van der Waals surface area contributed by atoms with E-state index in [4.69, 9.17) is 4.42 Å². The maximum absolute atomic E-state index is 12.9. The van der Waals surface area contributed by atoms with Crippen molar-refractivity contribution in [3.63, 3.8) is 0 Å². The fourth-order valence-corrected chi connectivity index (χ4v) is 2.51. The minimum absolute atomic E-state index is 0.0647. The van der Waals surface area contributed by atoms with Gasteiger partial charge in [-0.25, -0.2) is 0 Å². The fourth-order valence-electron chi connectivity index (χ4n) is 2.51. The Hall–Kier alpha value is -1.53. The van der Waals surface area contributed by atoms with Crippen molar-refractivity contribution >= 4 is 11.0 Å². The van der Waals surface area contributed by atoms with Gasteiger partial charge in [0, 0.05) is 31.6 Å². The van der Waals surface area contributed by atoms with Crippen LogP contribution >= 0.6 is 0 Å². The van der Waals surface area contributed by atoms with Crippen molar-refractivity contribution in [2.45, 2.75) is 12.7 Å². The Morgan fingerprint density at radius 2 is 1.95 bits per heavy atom. The van der Waals surface area contributed by atoms with Crippen LogP contribution in [0.5, 0.6) is 0 Å². The molecule has 1 aromatic heterocycles. The van der Waals surface area contributed by atoms with Crippen LogP contribution in [0, 0.1) is 0 Å². The summed E-state index contributed by atoms with van der Waals surface area (Å²) >= 11 is 0. The number of fused-ring (bicyclic) bond motifs is 1.